The molecule has 5 rings (SSSR count). The van der Waals surface area contributed by atoms with E-state index < -0.39 is 0 Å². The number of nitrogens with one attached hydrogen (secondary N) is 1. The first-order valence-corrected chi connectivity index (χ1v) is 10.7. The Bertz CT molecular complexity index is 665. The standard InChI is InChI=1S/C21H34N4O2/c1-14(2)22-21(26)27-13-17-10-16-8-9-25(17)12-18(16)20-11-19(23-24(20)3)15-6-4-5-7-15/h11,14-18H,4-10,12-13H2,1-3H3,(H,22,26)/t16-,17-,18+/m1/s1. The van der Waals surface area contributed by atoms with Crippen molar-refractivity contribution in [1.29, 1.82) is 0 Å². The first-order valence-electron chi connectivity index (χ1n) is 10.7. The molecule has 4 heterocycles. The summed E-state index contributed by atoms with van der Waals surface area (Å²) in [5.41, 5.74) is 2.72. The highest BCUT2D eigenvalue weighted by atomic mass is 16.5. The van der Waals surface area contributed by atoms with Crippen LogP contribution in [0.4, 0.5) is 4.79 Å². The number of ether oxygens (including phenoxy) is 1. The summed E-state index contributed by atoms with van der Waals surface area (Å²) in [6.45, 7) is 6.58. The van der Waals surface area contributed by atoms with Crippen molar-refractivity contribution in [2.75, 3.05) is 19.7 Å². The van der Waals surface area contributed by atoms with Crippen LogP contribution in [0.5, 0.6) is 0 Å². The molecule has 1 aliphatic carbocycles. The number of rotatable bonds is 5. The third kappa shape index (κ3) is 4.00. The quantitative estimate of drug-likeness (QED) is 0.858. The number of hydrogen-bond donors (Lipinski definition) is 1. The Morgan fingerprint density at radius 3 is 2.78 bits per heavy atom. The first kappa shape index (κ1) is 18.8. The van der Waals surface area contributed by atoms with Crippen molar-refractivity contribution < 1.29 is 9.53 Å². The summed E-state index contributed by atoms with van der Waals surface area (Å²) in [7, 11) is 2.11. The molecular weight excluding hydrogens is 340 g/mol. The summed E-state index contributed by atoms with van der Waals surface area (Å²) in [6.07, 6.45) is 7.36. The maximum atomic E-state index is 11.8. The van der Waals surface area contributed by atoms with E-state index in [2.05, 4.69) is 28.0 Å². The number of alkyl carbamates (subject to hydrolysis) is 1. The molecular formula is C21H34N4O2. The van der Waals surface area contributed by atoms with Crippen LogP contribution in [0.1, 0.15) is 75.6 Å². The summed E-state index contributed by atoms with van der Waals surface area (Å²) in [4.78, 5) is 14.3. The van der Waals surface area contributed by atoms with Crippen LogP contribution in [0.15, 0.2) is 6.07 Å². The topological polar surface area (TPSA) is 59.4 Å². The maximum Gasteiger partial charge on any atom is 0.407 e. The van der Waals surface area contributed by atoms with E-state index in [1.807, 2.05) is 13.8 Å². The molecule has 3 aliphatic heterocycles. The highest BCUT2D eigenvalue weighted by molar-refractivity contribution is 5.67. The van der Waals surface area contributed by atoms with Gasteiger partial charge in [0.2, 0.25) is 0 Å². The summed E-state index contributed by atoms with van der Waals surface area (Å²) < 4.78 is 7.61. The summed E-state index contributed by atoms with van der Waals surface area (Å²) in [6, 6.07) is 2.87. The van der Waals surface area contributed by atoms with E-state index in [4.69, 9.17) is 9.84 Å². The fourth-order valence-corrected chi connectivity index (χ4v) is 5.37. The minimum absolute atomic E-state index is 0.115. The van der Waals surface area contributed by atoms with Crippen molar-refractivity contribution >= 4 is 6.09 Å². The predicted molar refractivity (Wildman–Crippen MR) is 105 cm³/mol. The van der Waals surface area contributed by atoms with Gasteiger partial charge in [0.15, 0.2) is 0 Å². The van der Waals surface area contributed by atoms with Gasteiger partial charge in [0, 0.05) is 43.2 Å². The fourth-order valence-electron chi connectivity index (χ4n) is 5.37. The Hall–Kier alpha value is -1.56. The average molecular weight is 375 g/mol. The third-order valence-electron chi connectivity index (χ3n) is 6.78. The molecule has 1 aromatic heterocycles. The summed E-state index contributed by atoms with van der Waals surface area (Å²) >= 11 is 0. The largest absolute Gasteiger partial charge is 0.448 e. The van der Waals surface area contributed by atoms with Crippen LogP contribution in [0, 0.1) is 5.92 Å². The zero-order valence-electron chi connectivity index (χ0n) is 17.0. The third-order valence-corrected chi connectivity index (χ3v) is 6.78. The minimum atomic E-state index is -0.294. The monoisotopic (exact) mass is 374 g/mol. The van der Waals surface area contributed by atoms with Gasteiger partial charge in [-0.1, -0.05) is 12.8 Å². The Balaban J connectivity index is 1.38. The van der Waals surface area contributed by atoms with E-state index in [1.54, 1.807) is 0 Å². The highest BCUT2D eigenvalue weighted by Gasteiger charge is 2.42. The van der Waals surface area contributed by atoms with Gasteiger partial charge in [-0.05, 0) is 58.1 Å². The van der Waals surface area contributed by atoms with Crippen molar-refractivity contribution in [1.82, 2.24) is 20.0 Å². The highest BCUT2D eigenvalue weighted by Crippen LogP contribution is 2.43. The Labute approximate surface area is 162 Å². The summed E-state index contributed by atoms with van der Waals surface area (Å²) in [5, 5.41) is 7.68. The van der Waals surface area contributed by atoms with Gasteiger partial charge >= 0.3 is 6.09 Å². The molecule has 0 radical (unpaired) electrons. The van der Waals surface area contributed by atoms with Gasteiger partial charge in [-0.25, -0.2) is 4.79 Å². The predicted octanol–water partition coefficient (Wildman–Crippen LogP) is 3.39. The first-order chi connectivity index (χ1) is 13.0. The molecule has 0 aromatic carbocycles. The number of amides is 1. The van der Waals surface area contributed by atoms with Crippen LogP contribution >= 0.6 is 0 Å². The van der Waals surface area contributed by atoms with E-state index in [0.29, 0.717) is 30.4 Å². The number of piperidine rings is 3. The van der Waals surface area contributed by atoms with E-state index in [1.165, 1.54) is 43.5 Å². The maximum absolute atomic E-state index is 11.8. The van der Waals surface area contributed by atoms with Crippen molar-refractivity contribution in [3.63, 3.8) is 0 Å². The van der Waals surface area contributed by atoms with Crippen LogP contribution < -0.4 is 5.32 Å². The molecule has 1 N–H and O–H groups in total. The van der Waals surface area contributed by atoms with Gasteiger partial charge in [-0.3, -0.25) is 9.58 Å². The molecule has 6 heteroatoms. The van der Waals surface area contributed by atoms with Crippen molar-refractivity contribution in [3.8, 4) is 0 Å². The van der Waals surface area contributed by atoms with E-state index >= 15 is 0 Å². The molecule has 3 saturated heterocycles. The Morgan fingerprint density at radius 1 is 1.33 bits per heavy atom. The number of aryl methyl sites for hydroxylation is 1. The molecule has 1 unspecified atom stereocenters. The van der Waals surface area contributed by atoms with Gasteiger partial charge in [0.05, 0.1) is 5.69 Å². The van der Waals surface area contributed by atoms with E-state index in [-0.39, 0.29) is 12.1 Å². The fraction of sp³-hybridized carbons (Fsp3) is 0.810. The van der Waals surface area contributed by atoms with Gasteiger partial charge in [-0.15, -0.1) is 0 Å². The molecule has 150 valence electrons. The molecule has 1 aromatic rings. The molecule has 6 nitrogen and oxygen atoms in total. The smallest absolute Gasteiger partial charge is 0.407 e. The molecule has 1 amide bonds. The number of fused-ring (bicyclic) bond motifs is 3. The van der Waals surface area contributed by atoms with E-state index in [9.17, 15) is 4.79 Å². The number of carbonyl (C=O) groups excluding carboxylic acids is 1. The molecule has 4 aliphatic rings. The Kier molecular flexibility index (Phi) is 5.44. The molecule has 0 spiro atoms. The van der Waals surface area contributed by atoms with Gasteiger partial charge in [-0.2, -0.15) is 5.10 Å². The number of hydrogen-bond acceptors (Lipinski definition) is 4. The number of carbonyl (C=O) groups is 1. The number of aromatic nitrogens is 2. The van der Waals surface area contributed by atoms with Crippen LogP contribution in [-0.2, 0) is 11.8 Å². The SMILES string of the molecule is CC(C)NC(=O)OC[C@H]1C[C@H]2CCN1C[C@@H]2c1cc(C2CCCC2)nn1C. The second kappa shape index (κ2) is 7.82. The lowest BCUT2D eigenvalue weighted by Gasteiger charge is -2.49. The lowest BCUT2D eigenvalue weighted by molar-refractivity contribution is -0.00442. The zero-order valence-corrected chi connectivity index (χ0v) is 17.0. The molecule has 2 bridgehead atoms. The lowest BCUT2D eigenvalue weighted by Crippen LogP contribution is -2.54. The molecule has 1 saturated carbocycles. The molecule has 4 atom stereocenters. The Morgan fingerprint density at radius 2 is 2.11 bits per heavy atom. The van der Waals surface area contributed by atoms with Crippen LogP contribution in [0.25, 0.3) is 0 Å². The zero-order chi connectivity index (χ0) is 19.0. The summed E-state index contributed by atoms with van der Waals surface area (Å²) in [5.74, 6) is 1.90. The second-order valence-electron chi connectivity index (χ2n) is 9.04. The van der Waals surface area contributed by atoms with Crippen molar-refractivity contribution in [2.24, 2.45) is 13.0 Å². The van der Waals surface area contributed by atoms with Crippen LogP contribution in [-0.4, -0.2) is 52.6 Å². The van der Waals surface area contributed by atoms with Gasteiger partial charge in [0.25, 0.3) is 0 Å². The van der Waals surface area contributed by atoms with Crippen LogP contribution in [0.3, 0.4) is 0 Å². The molecule has 27 heavy (non-hydrogen) atoms. The van der Waals surface area contributed by atoms with E-state index in [0.717, 1.165) is 19.5 Å². The van der Waals surface area contributed by atoms with Crippen LogP contribution in [0.2, 0.25) is 0 Å². The van der Waals surface area contributed by atoms with Gasteiger partial charge < -0.3 is 10.1 Å². The van der Waals surface area contributed by atoms with Gasteiger partial charge in [0.1, 0.15) is 6.61 Å². The second-order valence-corrected chi connectivity index (χ2v) is 9.04. The normalized spacial score (nSPS) is 30.8. The molecule has 4 fully saturated rings. The lowest BCUT2D eigenvalue weighted by atomic mass is 9.74. The van der Waals surface area contributed by atoms with Crippen molar-refractivity contribution in [3.05, 3.63) is 17.5 Å². The minimum Gasteiger partial charge on any atom is -0.448 e. The average Bonchev–Trinajstić information content (AvgIpc) is 3.29. The number of nitrogens with zero attached hydrogens (tertiary/aromatic N) is 3. The van der Waals surface area contributed by atoms with Crippen molar-refractivity contribution in [2.45, 2.75) is 76.3 Å².